The number of benzene rings is 2. The lowest BCUT2D eigenvalue weighted by atomic mass is 9.94. The Labute approximate surface area is 150 Å². The van der Waals surface area contributed by atoms with Gasteiger partial charge in [-0.1, -0.05) is 55.8 Å². The second-order valence-electron chi connectivity index (χ2n) is 5.50. The van der Waals surface area contributed by atoms with Crippen LogP contribution in [-0.4, -0.2) is 18.4 Å². The van der Waals surface area contributed by atoms with Gasteiger partial charge in [0.25, 0.3) is 0 Å². The summed E-state index contributed by atoms with van der Waals surface area (Å²) in [5.41, 5.74) is 1.66. The molecule has 4 nitrogen and oxygen atoms in total. The molecule has 0 aliphatic heterocycles. The minimum Gasteiger partial charge on any atom is -0.346 e. The van der Waals surface area contributed by atoms with Crippen molar-refractivity contribution in [3.8, 4) is 0 Å². The van der Waals surface area contributed by atoms with Gasteiger partial charge < -0.3 is 10.6 Å². The van der Waals surface area contributed by atoms with Crippen molar-refractivity contribution < 1.29 is 9.59 Å². The number of carbonyl (C=O) groups is 2. The lowest BCUT2D eigenvalue weighted by Crippen LogP contribution is -2.36. The van der Waals surface area contributed by atoms with Crippen LogP contribution in [0.1, 0.15) is 31.2 Å². The number of hydrogen-bond acceptors (Lipinski definition) is 2. The van der Waals surface area contributed by atoms with Gasteiger partial charge in [0, 0.05) is 4.47 Å². The smallest absolute Gasteiger partial charge is 0.243 e. The molecule has 24 heavy (non-hydrogen) atoms. The third-order valence-corrected chi connectivity index (χ3v) is 4.36. The van der Waals surface area contributed by atoms with E-state index < -0.39 is 0 Å². The summed E-state index contributed by atoms with van der Waals surface area (Å²) in [6.45, 7) is 2.00. The van der Waals surface area contributed by atoms with E-state index in [1.807, 2.05) is 55.5 Å². The zero-order chi connectivity index (χ0) is 17.4. The van der Waals surface area contributed by atoms with Crippen molar-refractivity contribution in [1.82, 2.24) is 5.32 Å². The predicted molar refractivity (Wildman–Crippen MR) is 99.9 cm³/mol. The van der Waals surface area contributed by atoms with E-state index in [0.29, 0.717) is 5.69 Å². The largest absolute Gasteiger partial charge is 0.346 e. The summed E-state index contributed by atoms with van der Waals surface area (Å²) in [7, 11) is 0. The standard InChI is InChI=1S/C19H21BrN2O2/c1-2-8-15(14-9-4-3-5-10-14)19(24)21-13-18(23)22-17-12-7-6-11-16(17)20/h3-7,9-12,15H,2,8,13H2,1H3,(H,21,24)(H,22,23)/t15-/m0/s1. The van der Waals surface area contributed by atoms with Crippen LogP contribution in [-0.2, 0) is 9.59 Å². The topological polar surface area (TPSA) is 58.2 Å². The molecule has 5 heteroatoms. The second-order valence-corrected chi connectivity index (χ2v) is 6.35. The molecule has 0 aromatic heterocycles. The average molecular weight is 389 g/mol. The van der Waals surface area contributed by atoms with Crippen molar-refractivity contribution in [3.05, 3.63) is 64.6 Å². The Kier molecular flexibility index (Phi) is 7.00. The van der Waals surface area contributed by atoms with Crippen molar-refractivity contribution >= 4 is 33.4 Å². The average Bonchev–Trinajstić information content (AvgIpc) is 2.60. The van der Waals surface area contributed by atoms with Gasteiger partial charge in [-0.3, -0.25) is 9.59 Å². The van der Waals surface area contributed by atoms with Gasteiger partial charge in [-0.2, -0.15) is 0 Å². The van der Waals surface area contributed by atoms with Crippen LogP contribution in [0.3, 0.4) is 0 Å². The lowest BCUT2D eigenvalue weighted by molar-refractivity contribution is -0.125. The van der Waals surface area contributed by atoms with Gasteiger partial charge in [0.1, 0.15) is 0 Å². The van der Waals surface area contributed by atoms with Crippen LogP contribution >= 0.6 is 15.9 Å². The van der Waals surface area contributed by atoms with Crippen molar-refractivity contribution in [2.45, 2.75) is 25.7 Å². The number of anilines is 1. The first-order valence-electron chi connectivity index (χ1n) is 7.99. The fourth-order valence-corrected chi connectivity index (χ4v) is 2.85. The first-order valence-corrected chi connectivity index (χ1v) is 8.78. The van der Waals surface area contributed by atoms with E-state index in [1.165, 1.54) is 0 Å². The Bertz CT molecular complexity index is 689. The number of para-hydroxylation sites is 1. The summed E-state index contributed by atoms with van der Waals surface area (Å²) in [4.78, 5) is 24.5. The van der Waals surface area contributed by atoms with Crippen LogP contribution in [0.4, 0.5) is 5.69 Å². The normalized spacial score (nSPS) is 11.6. The van der Waals surface area contributed by atoms with Gasteiger partial charge in [0.2, 0.25) is 11.8 Å². The first-order chi connectivity index (χ1) is 11.6. The van der Waals surface area contributed by atoms with Crippen LogP contribution in [0.2, 0.25) is 0 Å². The maximum absolute atomic E-state index is 12.5. The van der Waals surface area contributed by atoms with E-state index in [0.717, 1.165) is 22.9 Å². The molecule has 0 spiro atoms. The summed E-state index contributed by atoms with van der Waals surface area (Å²) in [5, 5.41) is 5.51. The van der Waals surface area contributed by atoms with Crippen LogP contribution in [0, 0.1) is 0 Å². The number of rotatable bonds is 7. The molecular formula is C19H21BrN2O2. The third kappa shape index (κ3) is 5.20. The molecule has 0 saturated carbocycles. The second kappa shape index (κ2) is 9.23. The number of hydrogen-bond donors (Lipinski definition) is 2. The minimum absolute atomic E-state index is 0.0484. The summed E-state index contributed by atoms with van der Waals surface area (Å²) >= 11 is 3.38. The molecule has 0 fully saturated rings. The minimum atomic E-state index is -0.251. The lowest BCUT2D eigenvalue weighted by Gasteiger charge is -2.16. The highest BCUT2D eigenvalue weighted by atomic mass is 79.9. The van der Waals surface area contributed by atoms with Crippen molar-refractivity contribution in [3.63, 3.8) is 0 Å². The predicted octanol–water partition coefficient (Wildman–Crippen LogP) is 4.09. The highest BCUT2D eigenvalue weighted by molar-refractivity contribution is 9.10. The van der Waals surface area contributed by atoms with Gasteiger partial charge >= 0.3 is 0 Å². The molecule has 0 bridgehead atoms. The molecular weight excluding hydrogens is 368 g/mol. The molecule has 1 atom stereocenters. The molecule has 0 aliphatic carbocycles. The Morgan fingerprint density at radius 2 is 1.71 bits per heavy atom. The fourth-order valence-electron chi connectivity index (χ4n) is 2.47. The van der Waals surface area contributed by atoms with Gasteiger partial charge in [0.15, 0.2) is 0 Å². The van der Waals surface area contributed by atoms with Gasteiger partial charge in [-0.25, -0.2) is 0 Å². The number of amides is 2. The van der Waals surface area contributed by atoms with E-state index in [1.54, 1.807) is 6.07 Å². The van der Waals surface area contributed by atoms with Crippen LogP contribution in [0.5, 0.6) is 0 Å². The molecule has 0 radical (unpaired) electrons. The van der Waals surface area contributed by atoms with Crippen LogP contribution < -0.4 is 10.6 Å². The summed E-state index contributed by atoms with van der Waals surface area (Å²) in [6.07, 6.45) is 1.65. The Morgan fingerprint density at radius 1 is 1.04 bits per heavy atom. The maximum atomic E-state index is 12.5. The highest BCUT2D eigenvalue weighted by Gasteiger charge is 2.20. The molecule has 2 N–H and O–H groups in total. The number of carbonyl (C=O) groups excluding carboxylic acids is 2. The molecule has 0 saturated heterocycles. The van der Waals surface area contributed by atoms with Crippen molar-refractivity contribution in [2.75, 3.05) is 11.9 Å². The van der Waals surface area contributed by atoms with Crippen molar-refractivity contribution in [1.29, 1.82) is 0 Å². The zero-order valence-corrected chi connectivity index (χ0v) is 15.2. The molecule has 2 rings (SSSR count). The van der Waals surface area contributed by atoms with Crippen molar-refractivity contribution in [2.24, 2.45) is 0 Å². The summed E-state index contributed by atoms with van der Waals surface area (Å²) < 4.78 is 0.804. The molecule has 2 aromatic rings. The van der Waals surface area contributed by atoms with Gasteiger partial charge in [-0.15, -0.1) is 0 Å². The quantitative estimate of drug-likeness (QED) is 0.750. The first kappa shape index (κ1) is 18.2. The molecule has 2 amide bonds. The highest BCUT2D eigenvalue weighted by Crippen LogP contribution is 2.22. The maximum Gasteiger partial charge on any atom is 0.243 e. The fraction of sp³-hybridized carbons (Fsp3) is 0.263. The Morgan fingerprint density at radius 3 is 2.38 bits per heavy atom. The molecule has 0 heterocycles. The zero-order valence-electron chi connectivity index (χ0n) is 13.6. The van der Waals surface area contributed by atoms with Gasteiger partial charge in [-0.05, 0) is 40.0 Å². The van der Waals surface area contributed by atoms with E-state index >= 15 is 0 Å². The number of nitrogens with one attached hydrogen (secondary N) is 2. The third-order valence-electron chi connectivity index (χ3n) is 3.67. The molecule has 0 aliphatic rings. The van der Waals surface area contributed by atoms with E-state index in [4.69, 9.17) is 0 Å². The molecule has 2 aromatic carbocycles. The molecule has 126 valence electrons. The van der Waals surface area contributed by atoms with Crippen LogP contribution in [0.25, 0.3) is 0 Å². The Hall–Kier alpha value is -2.14. The summed E-state index contributed by atoms with van der Waals surface area (Å²) in [6, 6.07) is 17.0. The van der Waals surface area contributed by atoms with Gasteiger partial charge in [0.05, 0.1) is 18.2 Å². The number of halogens is 1. The monoisotopic (exact) mass is 388 g/mol. The van der Waals surface area contributed by atoms with E-state index in [-0.39, 0.29) is 24.3 Å². The SMILES string of the molecule is CCC[C@H](C(=O)NCC(=O)Nc1ccccc1Br)c1ccccc1. The Balaban J connectivity index is 1.93. The summed E-state index contributed by atoms with van der Waals surface area (Å²) in [5.74, 6) is -0.601. The molecule has 0 unspecified atom stereocenters. The van der Waals surface area contributed by atoms with Crippen LogP contribution in [0.15, 0.2) is 59.1 Å². The van der Waals surface area contributed by atoms with E-state index in [2.05, 4.69) is 26.6 Å². The van der Waals surface area contributed by atoms with E-state index in [9.17, 15) is 9.59 Å².